The van der Waals surface area contributed by atoms with Crippen molar-refractivity contribution in [1.29, 1.82) is 0 Å². The quantitative estimate of drug-likeness (QED) is 0.110. The Labute approximate surface area is 391 Å². The molecule has 0 aromatic heterocycles. The number of ketones is 3. The lowest BCUT2D eigenvalue weighted by Gasteiger charge is -2.53. The minimum atomic E-state index is -1.22. The van der Waals surface area contributed by atoms with Crippen LogP contribution in [-0.2, 0) is 39.7 Å². The highest BCUT2D eigenvalue weighted by atomic mass is 32.2. The molecule has 1 N–H and O–H groups in total. The van der Waals surface area contributed by atoms with Gasteiger partial charge in [0.1, 0.15) is 45.3 Å². The minimum absolute atomic E-state index is 0.0587. The van der Waals surface area contributed by atoms with E-state index in [1.54, 1.807) is 31.2 Å². The van der Waals surface area contributed by atoms with Crippen molar-refractivity contribution in [3.05, 3.63) is 65.7 Å². The summed E-state index contributed by atoms with van der Waals surface area (Å²) in [6.07, 6.45) is 10.1. The first-order valence-corrected chi connectivity index (χ1v) is 25.5. The standard InChI is InChI=1S/C54H54O12S/c1-27-46(66-51(62)54-20-30-15-35(25-54)45(57)36(16-30)26-54)42(63-2)17-41(48(58)59)47(27)67(39-7-3-37(4-8-39)64-49(60)52-18-28-11-31(21-52)43(55)32(12-28)22-52)40-9-5-38(6-10-40)65-50(61)53-19-29-13-33(23-53)44(56)34(14-29)24-53/h3-10,17,28-36H,11-16,18-26H2,1-2H3/p+1. The third kappa shape index (κ3) is 6.78. The van der Waals surface area contributed by atoms with Crippen LogP contribution in [0.5, 0.6) is 23.0 Å². The molecule has 12 saturated carbocycles. The largest absolute Gasteiger partial charge is 0.493 e. The third-order valence-corrected chi connectivity index (χ3v) is 20.5. The normalized spacial score (nSPS) is 36.3. The van der Waals surface area contributed by atoms with E-state index in [1.807, 2.05) is 24.3 Å². The maximum absolute atomic E-state index is 14.5. The number of carbonyl (C=O) groups is 7. The number of benzene rings is 3. The topological polar surface area (TPSA) is 177 Å². The molecule has 0 spiro atoms. The number of carboxylic acids is 1. The first-order valence-electron chi connectivity index (χ1n) is 24.3. The van der Waals surface area contributed by atoms with Crippen LogP contribution in [0.4, 0.5) is 0 Å². The molecule has 12 aliphatic carbocycles. The zero-order valence-corrected chi connectivity index (χ0v) is 38.7. The summed E-state index contributed by atoms with van der Waals surface area (Å²) in [6.45, 7) is 1.73. The number of Topliss-reactive ketones (excluding diaryl/α,β-unsaturated/α-hetero) is 3. The van der Waals surface area contributed by atoms with Crippen molar-refractivity contribution in [2.24, 2.45) is 69.5 Å². The number of hydrogen-bond donors (Lipinski definition) is 1. The molecule has 6 atom stereocenters. The molecule has 348 valence electrons. The van der Waals surface area contributed by atoms with Gasteiger partial charge in [0, 0.05) is 41.6 Å². The average Bonchev–Trinajstić information content (AvgIpc) is 3.30. The summed E-state index contributed by atoms with van der Waals surface area (Å²) < 4.78 is 24.4. The number of carboxylic acid groups (broad SMARTS) is 1. The zero-order chi connectivity index (χ0) is 46.3. The monoisotopic (exact) mass is 927 g/mol. The van der Waals surface area contributed by atoms with Crippen LogP contribution in [0.15, 0.2) is 69.3 Å². The molecule has 12 aliphatic rings. The second-order valence-corrected chi connectivity index (χ2v) is 24.2. The molecule has 6 unspecified atom stereocenters. The SMILES string of the molecule is COc1cc(C(=O)O)c([S+](c2ccc(OC(=O)C34CC5CC(C3)C(=O)C(C5)C4)cc2)c2ccc(OC(=O)C34CC5CC(C3)C(=O)C(C5)C4)cc2)c(C)c1OC(=O)C12CC3CC(C1)C(=O)C(C3)C2. The molecule has 12 fully saturated rings. The fraction of sp³-hybridized carbons (Fsp3) is 0.537. The predicted octanol–water partition coefficient (Wildman–Crippen LogP) is 8.70. The summed E-state index contributed by atoms with van der Waals surface area (Å²) in [5, 5.41) is 10.9. The lowest BCUT2D eigenvalue weighted by molar-refractivity contribution is -0.168. The molecule has 0 aliphatic heterocycles. The Morgan fingerprint density at radius 1 is 0.537 bits per heavy atom. The van der Waals surface area contributed by atoms with Gasteiger partial charge in [-0.15, -0.1) is 0 Å². The van der Waals surface area contributed by atoms with Crippen molar-refractivity contribution in [1.82, 2.24) is 0 Å². The number of esters is 3. The van der Waals surface area contributed by atoms with E-state index in [1.165, 1.54) is 13.2 Å². The molecule has 3 aromatic carbocycles. The first-order chi connectivity index (χ1) is 32.1. The Kier molecular flexibility index (Phi) is 9.86. The summed E-state index contributed by atoms with van der Waals surface area (Å²) in [6, 6.07) is 15.5. The smallest absolute Gasteiger partial charge is 0.341 e. The summed E-state index contributed by atoms with van der Waals surface area (Å²) >= 11 is 0. The number of rotatable bonds is 11. The number of methoxy groups -OCH3 is 1. The van der Waals surface area contributed by atoms with Crippen LogP contribution >= 0.6 is 0 Å². The highest BCUT2D eigenvalue weighted by Gasteiger charge is 2.62. The van der Waals surface area contributed by atoms with Gasteiger partial charge >= 0.3 is 23.9 Å². The van der Waals surface area contributed by atoms with E-state index in [-0.39, 0.29) is 76.2 Å². The van der Waals surface area contributed by atoms with Gasteiger partial charge in [-0.2, -0.15) is 0 Å². The second kappa shape index (κ2) is 15.4. The first kappa shape index (κ1) is 43.0. The molecule has 0 heterocycles. The highest BCUT2D eigenvalue weighted by molar-refractivity contribution is 7.97. The van der Waals surface area contributed by atoms with Gasteiger partial charge in [0.05, 0.1) is 28.9 Å². The van der Waals surface area contributed by atoms with Gasteiger partial charge in [-0.25, -0.2) is 4.79 Å². The van der Waals surface area contributed by atoms with Crippen LogP contribution in [0.3, 0.4) is 0 Å². The number of aromatic carboxylic acids is 1. The van der Waals surface area contributed by atoms with Crippen molar-refractivity contribution in [2.45, 2.75) is 118 Å². The predicted molar refractivity (Wildman–Crippen MR) is 240 cm³/mol. The fourth-order valence-electron chi connectivity index (χ4n) is 15.7. The van der Waals surface area contributed by atoms with Crippen LogP contribution < -0.4 is 18.9 Å². The van der Waals surface area contributed by atoms with Gasteiger partial charge in [0.15, 0.2) is 26.2 Å². The van der Waals surface area contributed by atoms with Crippen molar-refractivity contribution in [3.8, 4) is 23.0 Å². The van der Waals surface area contributed by atoms with Crippen LogP contribution in [0, 0.1) is 76.4 Å². The molecule has 12 nitrogen and oxygen atoms in total. The lowest BCUT2D eigenvalue weighted by atomic mass is 9.49. The highest BCUT2D eigenvalue weighted by Crippen LogP contribution is 2.62. The van der Waals surface area contributed by atoms with Crippen LogP contribution in [-0.4, -0.2) is 53.4 Å². The Hall–Kier alpha value is -5.30. The molecular weight excluding hydrogens is 873 g/mol. The van der Waals surface area contributed by atoms with Gasteiger partial charge < -0.3 is 24.1 Å². The van der Waals surface area contributed by atoms with E-state index < -0.39 is 39.1 Å². The van der Waals surface area contributed by atoms with E-state index in [9.17, 15) is 38.7 Å². The van der Waals surface area contributed by atoms with Gasteiger partial charge in [-0.1, -0.05) is 0 Å². The van der Waals surface area contributed by atoms with Gasteiger partial charge in [0.25, 0.3) is 0 Å². The van der Waals surface area contributed by atoms with E-state index >= 15 is 0 Å². The molecule has 15 rings (SSSR count). The van der Waals surface area contributed by atoms with Crippen molar-refractivity contribution in [2.75, 3.05) is 7.11 Å². The molecule has 0 radical (unpaired) electrons. The number of carbonyl (C=O) groups excluding carboxylic acids is 6. The molecule has 12 bridgehead atoms. The number of hydrogen-bond acceptors (Lipinski definition) is 11. The summed E-state index contributed by atoms with van der Waals surface area (Å²) in [5.41, 5.74) is -1.83. The lowest BCUT2D eigenvalue weighted by Crippen LogP contribution is -2.55. The Balaban J connectivity index is 0.890. The molecule has 0 saturated heterocycles. The molecule has 0 amide bonds. The maximum atomic E-state index is 14.5. The van der Waals surface area contributed by atoms with Crippen molar-refractivity contribution >= 4 is 52.1 Å². The van der Waals surface area contributed by atoms with Crippen LogP contribution in [0.1, 0.15) is 112 Å². The average molecular weight is 928 g/mol. The van der Waals surface area contributed by atoms with Crippen molar-refractivity contribution in [3.63, 3.8) is 0 Å². The second-order valence-electron chi connectivity index (χ2n) is 22.2. The Morgan fingerprint density at radius 3 is 1.21 bits per heavy atom. The third-order valence-electron chi connectivity index (χ3n) is 18.1. The maximum Gasteiger partial charge on any atom is 0.341 e. The van der Waals surface area contributed by atoms with E-state index in [0.29, 0.717) is 100 Å². The molecule has 13 heteroatoms. The Morgan fingerprint density at radius 2 is 0.881 bits per heavy atom. The van der Waals surface area contributed by atoms with Crippen LogP contribution in [0.25, 0.3) is 0 Å². The fourth-order valence-corrected chi connectivity index (χ4v) is 18.1. The van der Waals surface area contributed by atoms with Crippen LogP contribution in [0.2, 0.25) is 0 Å². The minimum Gasteiger partial charge on any atom is -0.493 e. The molecule has 3 aromatic rings. The number of ether oxygens (including phenoxy) is 4. The summed E-state index contributed by atoms with van der Waals surface area (Å²) in [7, 11) is 0.201. The van der Waals surface area contributed by atoms with E-state index in [2.05, 4.69) is 0 Å². The van der Waals surface area contributed by atoms with E-state index in [4.69, 9.17) is 18.9 Å². The Bertz CT molecular complexity index is 2520. The van der Waals surface area contributed by atoms with E-state index in [0.717, 1.165) is 51.4 Å². The summed E-state index contributed by atoms with van der Waals surface area (Å²) in [4.78, 5) is 96.4. The van der Waals surface area contributed by atoms with Gasteiger partial charge in [-0.3, -0.25) is 28.8 Å². The van der Waals surface area contributed by atoms with Crippen molar-refractivity contribution < 1.29 is 57.6 Å². The zero-order valence-electron chi connectivity index (χ0n) is 37.8. The molecular formula is C54H55O12S+. The van der Waals surface area contributed by atoms with Gasteiger partial charge in [0.2, 0.25) is 0 Å². The van der Waals surface area contributed by atoms with Gasteiger partial charge in [-0.05, 0) is 170 Å². The molecule has 67 heavy (non-hydrogen) atoms. The summed E-state index contributed by atoms with van der Waals surface area (Å²) in [5.74, 6) is -0.243.